The second-order valence-corrected chi connectivity index (χ2v) is 6.34. The molecule has 1 saturated heterocycles. The molecule has 0 aromatic rings. The van der Waals surface area contributed by atoms with Gasteiger partial charge in [0.05, 0.1) is 12.7 Å². The van der Waals surface area contributed by atoms with E-state index in [0.29, 0.717) is 6.10 Å². The van der Waals surface area contributed by atoms with Crippen LogP contribution in [0.25, 0.3) is 0 Å². The zero-order chi connectivity index (χ0) is 11.5. The van der Waals surface area contributed by atoms with Crippen molar-refractivity contribution in [2.45, 2.75) is 63.9 Å². The van der Waals surface area contributed by atoms with Crippen LogP contribution in [0.4, 0.5) is 0 Å². The molecule has 4 atom stereocenters. The molecule has 0 N–H and O–H groups in total. The number of ether oxygens (including phenoxy) is 1. The van der Waals surface area contributed by atoms with Crippen LogP contribution in [0.5, 0.6) is 0 Å². The van der Waals surface area contributed by atoms with E-state index in [-0.39, 0.29) is 0 Å². The van der Waals surface area contributed by atoms with Crippen LogP contribution in [0.15, 0.2) is 12.2 Å². The second kappa shape index (κ2) is 5.56. The summed E-state index contributed by atoms with van der Waals surface area (Å²) in [5, 5.41) is 0. The normalized spacial score (nSPS) is 37.9. The summed E-state index contributed by atoms with van der Waals surface area (Å²) in [6, 6.07) is 0. The van der Waals surface area contributed by atoms with E-state index >= 15 is 0 Å². The summed E-state index contributed by atoms with van der Waals surface area (Å²) in [7, 11) is 0. The number of allylic oxidation sites excluding steroid dienone is 2. The van der Waals surface area contributed by atoms with Gasteiger partial charge in [0.15, 0.2) is 0 Å². The van der Waals surface area contributed by atoms with Crippen molar-refractivity contribution in [1.82, 2.24) is 0 Å². The Kier molecular flexibility index (Phi) is 3.85. The standard InChI is InChI=1S/C16H26O/c1(3-5-7-16-12-17-16)2-4-6-14-10-13-8-9-15(14)11-13/h8-9,13-16H,1-7,10-12H2/t13?,14?,15-,16?/m1/s1. The van der Waals surface area contributed by atoms with Gasteiger partial charge in [-0.15, -0.1) is 0 Å². The summed E-state index contributed by atoms with van der Waals surface area (Å²) in [6.45, 7) is 1.04. The Balaban J connectivity index is 1.18. The average Bonchev–Trinajstić information content (AvgIpc) is 2.93. The lowest BCUT2D eigenvalue weighted by Crippen LogP contribution is -2.06. The van der Waals surface area contributed by atoms with Crippen LogP contribution in [0.3, 0.4) is 0 Å². The largest absolute Gasteiger partial charge is 0.373 e. The molecule has 0 aromatic carbocycles. The molecule has 0 radical (unpaired) electrons. The van der Waals surface area contributed by atoms with E-state index in [9.17, 15) is 0 Å². The van der Waals surface area contributed by atoms with Crippen LogP contribution in [-0.2, 0) is 4.74 Å². The van der Waals surface area contributed by atoms with E-state index in [1.807, 2.05) is 0 Å². The van der Waals surface area contributed by atoms with Crippen LogP contribution in [-0.4, -0.2) is 12.7 Å². The third kappa shape index (κ3) is 3.34. The highest BCUT2D eigenvalue weighted by atomic mass is 16.6. The van der Waals surface area contributed by atoms with Crippen molar-refractivity contribution in [2.75, 3.05) is 6.61 Å². The Morgan fingerprint density at radius 3 is 2.29 bits per heavy atom. The molecule has 1 saturated carbocycles. The molecule has 0 aromatic heterocycles. The van der Waals surface area contributed by atoms with Gasteiger partial charge in [-0.05, 0) is 43.4 Å². The van der Waals surface area contributed by atoms with Gasteiger partial charge in [0.1, 0.15) is 0 Å². The molecule has 2 bridgehead atoms. The van der Waals surface area contributed by atoms with Crippen molar-refractivity contribution in [2.24, 2.45) is 17.8 Å². The minimum atomic E-state index is 0.649. The molecule has 1 heteroatoms. The lowest BCUT2D eigenvalue weighted by Gasteiger charge is -2.17. The van der Waals surface area contributed by atoms with Gasteiger partial charge in [-0.1, -0.05) is 44.3 Å². The van der Waals surface area contributed by atoms with E-state index in [4.69, 9.17) is 4.74 Å². The quantitative estimate of drug-likeness (QED) is 0.346. The van der Waals surface area contributed by atoms with Gasteiger partial charge in [0, 0.05) is 0 Å². The number of hydrogen-bond donors (Lipinski definition) is 0. The maximum absolute atomic E-state index is 5.23. The number of hydrogen-bond acceptors (Lipinski definition) is 1. The predicted octanol–water partition coefficient (Wildman–Crippen LogP) is 4.33. The molecule has 0 amide bonds. The summed E-state index contributed by atoms with van der Waals surface area (Å²) < 4.78 is 5.23. The molecule has 1 nitrogen and oxygen atoms in total. The van der Waals surface area contributed by atoms with Crippen LogP contribution < -0.4 is 0 Å². The fraction of sp³-hybridized carbons (Fsp3) is 0.875. The summed E-state index contributed by atoms with van der Waals surface area (Å²) >= 11 is 0. The molecule has 2 fully saturated rings. The maximum Gasteiger partial charge on any atom is 0.0810 e. The monoisotopic (exact) mass is 234 g/mol. The molecule has 2 aliphatic carbocycles. The lowest BCUT2D eigenvalue weighted by molar-refractivity contribution is 0.381. The first-order chi connectivity index (χ1) is 8.42. The minimum Gasteiger partial charge on any atom is -0.373 e. The smallest absolute Gasteiger partial charge is 0.0810 e. The van der Waals surface area contributed by atoms with Gasteiger partial charge in [-0.2, -0.15) is 0 Å². The first-order valence-electron chi connectivity index (χ1n) is 7.72. The molecule has 1 aliphatic heterocycles. The van der Waals surface area contributed by atoms with E-state index in [1.54, 1.807) is 0 Å². The third-order valence-electron chi connectivity index (χ3n) is 4.92. The van der Waals surface area contributed by atoms with Gasteiger partial charge < -0.3 is 4.74 Å². The van der Waals surface area contributed by atoms with Crippen molar-refractivity contribution in [1.29, 1.82) is 0 Å². The fourth-order valence-electron chi connectivity index (χ4n) is 3.77. The van der Waals surface area contributed by atoms with E-state index in [2.05, 4.69) is 12.2 Å². The topological polar surface area (TPSA) is 12.5 Å². The van der Waals surface area contributed by atoms with Gasteiger partial charge in [-0.3, -0.25) is 0 Å². The van der Waals surface area contributed by atoms with Gasteiger partial charge in [0.2, 0.25) is 0 Å². The molecule has 0 spiro atoms. The summed E-state index contributed by atoms with van der Waals surface area (Å²) in [6.07, 6.45) is 18.6. The van der Waals surface area contributed by atoms with Crippen molar-refractivity contribution >= 4 is 0 Å². The van der Waals surface area contributed by atoms with E-state index in [0.717, 1.165) is 24.4 Å². The number of unbranched alkanes of at least 4 members (excludes halogenated alkanes) is 4. The summed E-state index contributed by atoms with van der Waals surface area (Å²) in [4.78, 5) is 0. The lowest BCUT2D eigenvalue weighted by atomic mass is 9.88. The zero-order valence-corrected chi connectivity index (χ0v) is 10.9. The first kappa shape index (κ1) is 11.8. The fourth-order valence-corrected chi connectivity index (χ4v) is 3.77. The van der Waals surface area contributed by atoms with Crippen LogP contribution in [0, 0.1) is 17.8 Å². The third-order valence-corrected chi connectivity index (χ3v) is 4.92. The first-order valence-corrected chi connectivity index (χ1v) is 7.72. The number of fused-ring (bicyclic) bond motifs is 2. The van der Waals surface area contributed by atoms with E-state index in [1.165, 1.54) is 57.8 Å². The molecule has 3 rings (SSSR count). The number of epoxide rings is 1. The molecule has 17 heavy (non-hydrogen) atoms. The molecule has 3 aliphatic rings. The Hall–Kier alpha value is -0.300. The molecular weight excluding hydrogens is 208 g/mol. The SMILES string of the molecule is C1=C[C@@H]2CC1CC2CCCCCCCC1CO1. The molecule has 96 valence electrons. The maximum atomic E-state index is 5.23. The molecule has 3 unspecified atom stereocenters. The van der Waals surface area contributed by atoms with Crippen molar-refractivity contribution < 1.29 is 4.74 Å². The Morgan fingerprint density at radius 2 is 1.65 bits per heavy atom. The van der Waals surface area contributed by atoms with Crippen LogP contribution >= 0.6 is 0 Å². The van der Waals surface area contributed by atoms with Crippen molar-refractivity contribution in [3.63, 3.8) is 0 Å². The second-order valence-electron chi connectivity index (χ2n) is 6.34. The van der Waals surface area contributed by atoms with Crippen molar-refractivity contribution in [3.05, 3.63) is 12.2 Å². The van der Waals surface area contributed by atoms with Crippen LogP contribution in [0.1, 0.15) is 57.8 Å². The molecule has 1 heterocycles. The van der Waals surface area contributed by atoms with E-state index < -0.39 is 0 Å². The van der Waals surface area contributed by atoms with Crippen molar-refractivity contribution in [3.8, 4) is 0 Å². The molecular formula is C16H26O. The Labute approximate surface area is 106 Å². The van der Waals surface area contributed by atoms with Crippen LogP contribution in [0.2, 0.25) is 0 Å². The minimum absolute atomic E-state index is 0.649. The highest BCUT2D eigenvalue weighted by molar-refractivity contribution is 5.09. The zero-order valence-electron chi connectivity index (χ0n) is 10.9. The summed E-state index contributed by atoms with van der Waals surface area (Å²) in [5.74, 6) is 2.97. The predicted molar refractivity (Wildman–Crippen MR) is 70.9 cm³/mol. The average molecular weight is 234 g/mol. The van der Waals surface area contributed by atoms with Gasteiger partial charge >= 0.3 is 0 Å². The highest BCUT2D eigenvalue weighted by Gasteiger charge is 2.34. The van der Waals surface area contributed by atoms with Gasteiger partial charge in [-0.25, -0.2) is 0 Å². The summed E-state index contributed by atoms with van der Waals surface area (Å²) in [5.41, 5.74) is 0. The highest BCUT2D eigenvalue weighted by Crippen LogP contribution is 2.45. The Bertz CT molecular complexity index is 267. The Morgan fingerprint density at radius 1 is 0.882 bits per heavy atom. The number of rotatable bonds is 8. The van der Waals surface area contributed by atoms with Gasteiger partial charge in [0.25, 0.3) is 0 Å².